The van der Waals surface area contributed by atoms with Crippen LogP contribution in [0.25, 0.3) is 16.6 Å². The maximum absolute atomic E-state index is 12.3. The van der Waals surface area contributed by atoms with Gasteiger partial charge in [-0.05, 0) is 38.0 Å². The predicted molar refractivity (Wildman–Crippen MR) is 112 cm³/mol. The van der Waals surface area contributed by atoms with Crippen molar-refractivity contribution in [3.63, 3.8) is 0 Å². The third-order valence-corrected chi connectivity index (χ3v) is 5.52. The van der Waals surface area contributed by atoms with Gasteiger partial charge in [-0.3, -0.25) is 4.79 Å². The van der Waals surface area contributed by atoms with Crippen LogP contribution < -0.4 is 5.32 Å². The van der Waals surface area contributed by atoms with E-state index < -0.39 is 0 Å². The SMILES string of the molecule is C#CCCC1(CCNC(=O)CCc2c(C)nc3c4ccccc4nn3c2C)N=N1. The minimum atomic E-state index is -0.357. The highest BCUT2D eigenvalue weighted by atomic mass is 16.1. The van der Waals surface area contributed by atoms with E-state index in [1.165, 1.54) is 0 Å². The molecular weight excluding hydrogens is 364 g/mol. The topological polar surface area (TPSA) is 84.0 Å². The molecule has 0 radical (unpaired) electrons. The van der Waals surface area contributed by atoms with E-state index in [9.17, 15) is 4.79 Å². The van der Waals surface area contributed by atoms with E-state index in [-0.39, 0.29) is 11.6 Å². The van der Waals surface area contributed by atoms with Crippen molar-refractivity contribution in [3.05, 3.63) is 41.2 Å². The molecule has 1 aliphatic heterocycles. The van der Waals surface area contributed by atoms with Crippen molar-refractivity contribution >= 4 is 22.5 Å². The molecule has 3 aromatic rings. The number of benzene rings is 1. The molecule has 29 heavy (non-hydrogen) atoms. The monoisotopic (exact) mass is 388 g/mol. The number of carbonyl (C=O) groups excluding carboxylic acids is 1. The molecule has 4 rings (SSSR count). The van der Waals surface area contributed by atoms with E-state index in [0.717, 1.165) is 39.9 Å². The van der Waals surface area contributed by atoms with Crippen LogP contribution in [0.4, 0.5) is 0 Å². The van der Waals surface area contributed by atoms with Crippen molar-refractivity contribution in [2.45, 2.75) is 51.6 Å². The summed E-state index contributed by atoms with van der Waals surface area (Å²) in [6, 6.07) is 7.99. The number of carbonyl (C=O) groups is 1. The first-order chi connectivity index (χ1) is 14.0. The summed E-state index contributed by atoms with van der Waals surface area (Å²) in [5, 5.41) is 16.9. The van der Waals surface area contributed by atoms with Gasteiger partial charge >= 0.3 is 0 Å². The van der Waals surface area contributed by atoms with Gasteiger partial charge < -0.3 is 5.32 Å². The van der Waals surface area contributed by atoms with Crippen LogP contribution in [0.5, 0.6) is 0 Å². The van der Waals surface area contributed by atoms with E-state index in [0.29, 0.717) is 32.2 Å². The fraction of sp³-hybridized carbons (Fsp3) is 0.409. The van der Waals surface area contributed by atoms with Gasteiger partial charge in [0.2, 0.25) is 5.91 Å². The largest absolute Gasteiger partial charge is 0.356 e. The minimum absolute atomic E-state index is 0.0160. The summed E-state index contributed by atoms with van der Waals surface area (Å²) in [4.78, 5) is 17.1. The van der Waals surface area contributed by atoms with Crippen LogP contribution in [0.15, 0.2) is 34.5 Å². The van der Waals surface area contributed by atoms with Crippen LogP contribution in [0.2, 0.25) is 0 Å². The van der Waals surface area contributed by atoms with E-state index in [1.54, 1.807) is 0 Å². The zero-order valence-electron chi connectivity index (χ0n) is 16.8. The maximum Gasteiger partial charge on any atom is 0.220 e. The number of terminal acetylenes is 1. The molecule has 7 nitrogen and oxygen atoms in total. The first-order valence-corrected chi connectivity index (χ1v) is 9.91. The molecule has 7 heteroatoms. The molecule has 0 unspecified atom stereocenters. The Kier molecular flexibility index (Phi) is 5.01. The molecular formula is C22H24N6O. The summed E-state index contributed by atoms with van der Waals surface area (Å²) >= 11 is 0. The third-order valence-electron chi connectivity index (χ3n) is 5.52. The van der Waals surface area contributed by atoms with Crippen molar-refractivity contribution in [1.29, 1.82) is 0 Å². The van der Waals surface area contributed by atoms with Gasteiger partial charge in [-0.15, -0.1) is 12.3 Å². The standard InChI is InChI=1S/C22H24N6O/c1-4-5-12-22(26-27-22)13-14-23-20(29)11-10-17-15(2)24-21-18-8-6-7-9-19(18)25-28(21)16(17)3/h1,6-9H,5,10-14H2,2-3H3,(H,23,29). The first kappa shape index (κ1) is 19.1. The van der Waals surface area contributed by atoms with Gasteiger partial charge in [-0.1, -0.05) is 12.1 Å². The number of nitrogens with one attached hydrogen (secondary N) is 1. The number of aryl methyl sites for hydroxylation is 2. The average Bonchev–Trinajstić information content (AvgIpc) is 3.39. The number of hydrogen-bond acceptors (Lipinski definition) is 5. The van der Waals surface area contributed by atoms with Gasteiger partial charge in [0.15, 0.2) is 11.3 Å². The molecule has 0 fully saturated rings. The molecule has 1 aliphatic rings. The molecule has 1 amide bonds. The molecule has 0 bridgehead atoms. The molecule has 148 valence electrons. The quantitative estimate of drug-likeness (QED) is 0.599. The molecule has 0 atom stereocenters. The number of fused-ring (bicyclic) bond motifs is 3. The smallest absolute Gasteiger partial charge is 0.220 e. The van der Waals surface area contributed by atoms with E-state index in [2.05, 4.69) is 26.6 Å². The summed E-state index contributed by atoms with van der Waals surface area (Å²) in [7, 11) is 0. The Bertz CT molecular complexity index is 1150. The molecule has 0 aliphatic carbocycles. The fourth-order valence-corrected chi connectivity index (χ4v) is 3.74. The second-order valence-electron chi connectivity index (χ2n) is 7.50. The third kappa shape index (κ3) is 3.83. The van der Waals surface area contributed by atoms with Crippen molar-refractivity contribution in [2.75, 3.05) is 6.54 Å². The zero-order chi connectivity index (χ0) is 20.4. The molecule has 3 heterocycles. The van der Waals surface area contributed by atoms with Gasteiger partial charge in [0.25, 0.3) is 0 Å². The number of nitrogens with zero attached hydrogens (tertiary/aromatic N) is 5. The van der Waals surface area contributed by atoms with Crippen LogP contribution in [0.3, 0.4) is 0 Å². The summed E-state index contributed by atoms with van der Waals surface area (Å²) < 4.78 is 1.89. The molecule has 0 spiro atoms. The Balaban J connectivity index is 1.39. The molecule has 0 saturated heterocycles. The van der Waals surface area contributed by atoms with Crippen LogP contribution in [0.1, 0.15) is 42.6 Å². The van der Waals surface area contributed by atoms with Crippen molar-refractivity contribution in [3.8, 4) is 12.3 Å². The van der Waals surface area contributed by atoms with Gasteiger partial charge in [0.05, 0.1) is 5.52 Å². The molecule has 1 N–H and O–H groups in total. The highest BCUT2D eigenvalue weighted by molar-refractivity contribution is 5.92. The minimum Gasteiger partial charge on any atom is -0.356 e. The molecule has 1 aromatic carbocycles. The lowest BCUT2D eigenvalue weighted by Crippen LogP contribution is -2.28. The highest BCUT2D eigenvalue weighted by Crippen LogP contribution is 2.36. The van der Waals surface area contributed by atoms with Crippen LogP contribution >= 0.6 is 0 Å². The number of aromatic nitrogens is 3. The second-order valence-corrected chi connectivity index (χ2v) is 7.50. The Labute approximate surface area is 169 Å². The Hall–Kier alpha value is -3.27. The van der Waals surface area contributed by atoms with Gasteiger partial charge in [0.1, 0.15) is 0 Å². The van der Waals surface area contributed by atoms with Gasteiger partial charge in [-0.25, -0.2) is 9.50 Å². The predicted octanol–water partition coefficient (Wildman–Crippen LogP) is 3.51. The lowest BCUT2D eigenvalue weighted by molar-refractivity contribution is -0.121. The van der Waals surface area contributed by atoms with Gasteiger partial charge in [-0.2, -0.15) is 15.3 Å². The average molecular weight is 388 g/mol. The van der Waals surface area contributed by atoms with Crippen molar-refractivity contribution in [1.82, 2.24) is 19.9 Å². The molecule has 0 saturated carbocycles. The highest BCUT2D eigenvalue weighted by Gasteiger charge is 2.38. The first-order valence-electron chi connectivity index (χ1n) is 9.91. The zero-order valence-corrected chi connectivity index (χ0v) is 16.8. The lowest BCUT2D eigenvalue weighted by atomic mass is 10.0. The number of amides is 1. The Morgan fingerprint density at radius 3 is 2.79 bits per heavy atom. The molecule has 2 aromatic heterocycles. The maximum atomic E-state index is 12.3. The Morgan fingerprint density at radius 2 is 2.03 bits per heavy atom. The lowest BCUT2D eigenvalue weighted by Gasteiger charge is -2.12. The van der Waals surface area contributed by atoms with Crippen LogP contribution in [-0.4, -0.2) is 32.7 Å². The summed E-state index contributed by atoms with van der Waals surface area (Å²) in [6.07, 6.45) is 8.43. The van der Waals surface area contributed by atoms with Crippen molar-refractivity contribution in [2.24, 2.45) is 10.2 Å². The van der Waals surface area contributed by atoms with Crippen molar-refractivity contribution < 1.29 is 4.79 Å². The number of hydrogen-bond donors (Lipinski definition) is 1. The van der Waals surface area contributed by atoms with Crippen LogP contribution in [0, 0.1) is 26.2 Å². The number of rotatable bonds is 8. The summed E-state index contributed by atoms with van der Waals surface area (Å²) in [6.45, 7) is 4.58. The van der Waals surface area contributed by atoms with E-state index in [1.807, 2.05) is 42.6 Å². The Morgan fingerprint density at radius 1 is 1.24 bits per heavy atom. The van der Waals surface area contributed by atoms with Gasteiger partial charge in [0, 0.05) is 49.0 Å². The van der Waals surface area contributed by atoms with E-state index in [4.69, 9.17) is 11.4 Å². The summed E-state index contributed by atoms with van der Waals surface area (Å²) in [5.41, 5.74) is 4.46. The summed E-state index contributed by atoms with van der Waals surface area (Å²) in [5.74, 6) is 2.63. The van der Waals surface area contributed by atoms with Crippen LogP contribution in [-0.2, 0) is 11.2 Å². The van der Waals surface area contributed by atoms with E-state index >= 15 is 0 Å². The second kappa shape index (κ2) is 7.63. The normalized spacial score (nSPS) is 14.2. The fourth-order valence-electron chi connectivity index (χ4n) is 3.74.